The summed E-state index contributed by atoms with van der Waals surface area (Å²) >= 11 is 3.12. The smallest absolute Gasteiger partial charge is 0.344 e. The largest absolute Gasteiger partial charge is 0.416 e. The lowest BCUT2D eigenvalue weighted by atomic mass is 9.91. The molecule has 0 aliphatic heterocycles. The number of nitrogens with one attached hydrogen (secondary N) is 3. The van der Waals surface area contributed by atoms with Crippen molar-refractivity contribution in [1.82, 2.24) is 10.7 Å². The number of carbonyl (C=O) groups excluding carboxylic acids is 1. The van der Waals surface area contributed by atoms with Gasteiger partial charge in [0, 0.05) is 22.1 Å². The molecular formula is C28H32F3N5OS2. The van der Waals surface area contributed by atoms with Gasteiger partial charge in [-0.2, -0.15) is 18.3 Å². The van der Waals surface area contributed by atoms with Crippen LogP contribution in [0.15, 0.2) is 63.6 Å². The molecule has 0 aliphatic rings. The number of amides is 1. The molecule has 1 atom stereocenters. The molecule has 0 saturated heterocycles. The fraction of sp³-hybridized carbons (Fsp3) is 0.357. The molecule has 208 valence electrons. The first-order valence-electron chi connectivity index (χ1n) is 12.2. The predicted octanol–water partition coefficient (Wildman–Crippen LogP) is 8.22. The first kappa shape index (κ1) is 30.4. The van der Waals surface area contributed by atoms with Crippen molar-refractivity contribution in [2.45, 2.75) is 50.9 Å². The zero-order valence-corrected chi connectivity index (χ0v) is 24.3. The summed E-state index contributed by atoms with van der Waals surface area (Å²) in [4.78, 5) is 15.4. The molecular weight excluding hydrogens is 543 g/mol. The summed E-state index contributed by atoms with van der Waals surface area (Å²) < 4.78 is 39.0. The Balaban J connectivity index is 1.84. The summed E-state index contributed by atoms with van der Waals surface area (Å²) in [7, 11) is 1.59. The normalized spacial score (nSPS) is 13.2. The van der Waals surface area contributed by atoms with Crippen molar-refractivity contribution in [2.24, 2.45) is 15.6 Å². The van der Waals surface area contributed by atoms with Crippen molar-refractivity contribution in [1.29, 1.82) is 5.53 Å². The maximum absolute atomic E-state index is 13.0. The van der Waals surface area contributed by atoms with Gasteiger partial charge in [-0.3, -0.25) is 4.79 Å². The van der Waals surface area contributed by atoms with E-state index in [0.717, 1.165) is 44.2 Å². The van der Waals surface area contributed by atoms with Crippen LogP contribution in [0.25, 0.3) is 11.1 Å². The minimum absolute atomic E-state index is 0.0394. The first-order valence-corrected chi connectivity index (χ1v) is 13.9. The van der Waals surface area contributed by atoms with E-state index >= 15 is 0 Å². The average Bonchev–Trinajstić information content (AvgIpc) is 3.33. The van der Waals surface area contributed by atoms with Crippen molar-refractivity contribution in [3.05, 3.63) is 75.0 Å². The van der Waals surface area contributed by atoms with E-state index in [1.54, 1.807) is 24.9 Å². The second-order valence-corrected chi connectivity index (χ2v) is 12.4. The number of rotatable bonds is 8. The number of halogens is 3. The van der Waals surface area contributed by atoms with Gasteiger partial charge in [0.1, 0.15) is 0 Å². The Labute approximate surface area is 235 Å². The number of thioether (sulfide) groups is 1. The van der Waals surface area contributed by atoms with Crippen molar-refractivity contribution >= 4 is 34.8 Å². The number of carbonyl (C=O) groups is 1. The lowest BCUT2D eigenvalue weighted by molar-refractivity contribution is -0.137. The number of aryl methyl sites for hydroxylation is 2. The summed E-state index contributed by atoms with van der Waals surface area (Å²) in [6, 6.07) is 13.2. The van der Waals surface area contributed by atoms with Crippen LogP contribution < -0.4 is 10.7 Å². The molecule has 11 heteroatoms. The minimum Gasteiger partial charge on any atom is -0.344 e. The predicted molar refractivity (Wildman–Crippen MR) is 153 cm³/mol. The van der Waals surface area contributed by atoms with Crippen LogP contribution in [0.2, 0.25) is 0 Å². The maximum Gasteiger partial charge on any atom is 0.416 e. The van der Waals surface area contributed by atoms with Crippen LogP contribution in [0.5, 0.6) is 0 Å². The lowest BCUT2D eigenvalue weighted by Crippen LogP contribution is -2.28. The number of alkyl halides is 3. The zero-order chi connectivity index (χ0) is 29.0. The van der Waals surface area contributed by atoms with Crippen molar-refractivity contribution in [3.63, 3.8) is 0 Å². The highest BCUT2D eigenvalue weighted by atomic mass is 32.2. The molecule has 39 heavy (non-hydrogen) atoms. The average molecular weight is 576 g/mol. The second kappa shape index (κ2) is 12.3. The Bertz CT molecular complexity index is 1340. The van der Waals surface area contributed by atoms with E-state index in [9.17, 15) is 18.0 Å². The van der Waals surface area contributed by atoms with Gasteiger partial charge in [-0.15, -0.1) is 28.2 Å². The molecule has 2 aromatic carbocycles. The van der Waals surface area contributed by atoms with Gasteiger partial charge in [0.15, 0.2) is 5.84 Å². The summed E-state index contributed by atoms with van der Waals surface area (Å²) in [6.07, 6.45) is -4.37. The van der Waals surface area contributed by atoms with Crippen molar-refractivity contribution < 1.29 is 18.0 Å². The van der Waals surface area contributed by atoms with Crippen LogP contribution in [0.1, 0.15) is 57.3 Å². The molecule has 1 unspecified atom stereocenters. The third kappa shape index (κ3) is 7.69. The monoisotopic (exact) mass is 575 g/mol. The van der Waals surface area contributed by atoms with Gasteiger partial charge < -0.3 is 10.7 Å². The molecule has 0 fully saturated rings. The van der Waals surface area contributed by atoms with Gasteiger partial charge in [0.2, 0.25) is 0 Å². The highest BCUT2D eigenvalue weighted by Gasteiger charge is 2.31. The quantitative estimate of drug-likeness (QED) is 0.0831. The van der Waals surface area contributed by atoms with Gasteiger partial charge in [0.05, 0.1) is 17.0 Å². The molecule has 1 aromatic heterocycles. The Morgan fingerprint density at radius 3 is 2.18 bits per heavy atom. The van der Waals surface area contributed by atoms with E-state index in [4.69, 9.17) is 5.53 Å². The second-order valence-electron chi connectivity index (χ2n) is 10.1. The summed E-state index contributed by atoms with van der Waals surface area (Å²) in [5.74, 6) is -0.0971. The number of nitrogens with zero attached hydrogens (tertiary/aromatic N) is 2. The minimum atomic E-state index is -4.37. The van der Waals surface area contributed by atoms with Crippen LogP contribution in [-0.4, -0.2) is 25.3 Å². The molecule has 0 spiro atoms. The molecule has 1 heterocycles. The Morgan fingerprint density at radius 1 is 1.05 bits per heavy atom. The summed E-state index contributed by atoms with van der Waals surface area (Å²) in [5.41, 5.74) is 12.5. The van der Waals surface area contributed by atoms with Gasteiger partial charge in [-0.1, -0.05) is 32.9 Å². The fourth-order valence-corrected chi connectivity index (χ4v) is 6.92. The molecule has 3 aromatic rings. The Hall–Kier alpha value is -3.18. The van der Waals surface area contributed by atoms with Crippen LogP contribution in [0.4, 0.5) is 13.2 Å². The zero-order valence-electron chi connectivity index (χ0n) is 22.7. The first-order chi connectivity index (χ1) is 18.2. The lowest BCUT2D eigenvalue weighted by Gasteiger charge is -2.30. The molecule has 3 N–H and O–H groups in total. The van der Waals surface area contributed by atoms with Crippen molar-refractivity contribution in [2.75, 3.05) is 13.6 Å². The number of amidine groups is 1. The van der Waals surface area contributed by atoms with Crippen LogP contribution in [0.3, 0.4) is 0 Å². The Kier molecular flexibility index (Phi) is 9.60. The highest BCUT2D eigenvalue weighted by Crippen LogP contribution is 2.50. The van der Waals surface area contributed by atoms with Crippen LogP contribution in [0, 0.1) is 24.8 Å². The van der Waals surface area contributed by atoms with Crippen LogP contribution >= 0.6 is 23.1 Å². The highest BCUT2D eigenvalue weighted by molar-refractivity contribution is 7.99. The number of hydrogen-bond acceptors (Lipinski definition) is 6. The molecule has 6 nitrogen and oxygen atoms in total. The van der Waals surface area contributed by atoms with E-state index in [1.807, 2.05) is 19.9 Å². The number of benzene rings is 2. The third-order valence-corrected chi connectivity index (χ3v) is 8.94. The van der Waals surface area contributed by atoms with Crippen molar-refractivity contribution in [3.8, 4) is 11.1 Å². The van der Waals surface area contributed by atoms with E-state index in [0.29, 0.717) is 4.88 Å². The van der Waals surface area contributed by atoms with Gasteiger partial charge >= 0.3 is 6.18 Å². The molecule has 0 bridgehead atoms. The van der Waals surface area contributed by atoms with Gasteiger partial charge in [-0.05, 0) is 77.9 Å². The van der Waals surface area contributed by atoms with E-state index in [-0.39, 0.29) is 29.0 Å². The molecule has 0 radical (unpaired) electrons. The van der Waals surface area contributed by atoms with Crippen LogP contribution in [-0.2, 0) is 6.18 Å². The molecule has 1 amide bonds. The standard InChI is InChI=1S/C28H32F3N5OS2/c1-16-13-20(14-17(2)24(16)18-7-9-19(10-8-18)28(29,30)31)38-25(27(3,4)5)21-11-12-22(39-21)26(37)34-15-23(35-32)36-33-6/h7-14,25,32-33H,15H2,1-6H3,(H,34,37)/b35-32?,36-23-. The fourth-order valence-electron chi connectivity index (χ4n) is 4.17. The summed E-state index contributed by atoms with van der Waals surface area (Å²) in [6.45, 7) is 10.4. The van der Waals surface area contributed by atoms with E-state index in [2.05, 4.69) is 53.9 Å². The molecule has 0 saturated carbocycles. The number of thiophene rings is 1. The SMILES string of the molecule is CN/N=C(/CNC(=O)c1ccc(C(Sc2cc(C)c(-c3ccc(C(F)(F)F)cc3)c(C)c2)C(C)(C)C)s1)N=N. The maximum atomic E-state index is 13.0. The van der Waals surface area contributed by atoms with Gasteiger partial charge in [0.25, 0.3) is 5.91 Å². The summed E-state index contributed by atoms with van der Waals surface area (Å²) in [5, 5.41) is 9.90. The number of hydrazone groups is 1. The number of hydrogen-bond donors (Lipinski definition) is 3. The molecule has 3 rings (SSSR count). The topological polar surface area (TPSA) is 89.7 Å². The Morgan fingerprint density at radius 2 is 1.67 bits per heavy atom. The van der Waals surface area contributed by atoms with E-state index < -0.39 is 11.7 Å². The van der Waals surface area contributed by atoms with E-state index in [1.165, 1.54) is 23.5 Å². The third-order valence-electron chi connectivity index (χ3n) is 5.93. The molecule has 0 aliphatic carbocycles. The van der Waals surface area contributed by atoms with Gasteiger partial charge in [-0.25, -0.2) is 5.53 Å².